The van der Waals surface area contributed by atoms with Gasteiger partial charge in [0, 0.05) is 37.8 Å². The van der Waals surface area contributed by atoms with Gasteiger partial charge >= 0.3 is 5.97 Å². The molecule has 42 heavy (non-hydrogen) atoms. The van der Waals surface area contributed by atoms with Crippen molar-refractivity contribution >= 4 is 32.8 Å². The molecule has 218 valence electrons. The first kappa shape index (κ1) is 27.0. The Balaban J connectivity index is 1.27. The van der Waals surface area contributed by atoms with Crippen LogP contribution in [-0.4, -0.2) is 62.9 Å². The van der Waals surface area contributed by atoms with Gasteiger partial charge in [-0.2, -0.15) is 4.31 Å². The van der Waals surface area contributed by atoms with Gasteiger partial charge in [0.15, 0.2) is 0 Å². The highest BCUT2D eigenvalue weighted by atomic mass is 32.2. The highest BCUT2D eigenvalue weighted by Gasteiger charge is 2.40. The van der Waals surface area contributed by atoms with Crippen LogP contribution in [0, 0.1) is 13.8 Å². The maximum absolute atomic E-state index is 13.9. The van der Waals surface area contributed by atoms with Gasteiger partial charge < -0.3 is 10.0 Å². The van der Waals surface area contributed by atoms with E-state index in [1.54, 1.807) is 22.6 Å². The molecule has 0 radical (unpaired) electrons. The number of carbonyl (C=O) groups is 1. The van der Waals surface area contributed by atoms with Crippen LogP contribution < -0.4 is 4.90 Å². The number of anilines is 1. The number of fused-ring (bicyclic) bond motifs is 4. The summed E-state index contributed by atoms with van der Waals surface area (Å²) in [7, 11) is -3.79. The van der Waals surface area contributed by atoms with Gasteiger partial charge in [0.2, 0.25) is 10.0 Å². The van der Waals surface area contributed by atoms with Crippen LogP contribution in [0.5, 0.6) is 0 Å². The second-order valence-electron chi connectivity index (χ2n) is 11.9. The molecule has 7 rings (SSSR count). The molecular formula is C31H34N6O4S. The molecular weight excluding hydrogens is 552 g/mol. The number of pyridine rings is 1. The minimum atomic E-state index is -3.79. The molecule has 1 saturated heterocycles. The normalized spacial score (nSPS) is 20.7. The van der Waals surface area contributed by atoms with Crippen molar-refractivity contribution in [3.05, 3.63) is 76.5 Å². The zero-order valence-corrected chi connectivity index (χ0v) is 24.6. The number of benzene rings is 2. The van der Waals surface area contributed by atoms with E-state index in [9.17, 15) is 18.3 Å². The van der Waals surface area contributed by atoms with E-state index >= 15 is 0 Å². The number of aliphatic carboxylic acids is 1. The highest BCUT2D eigenvalue weighted by molar-refractivity contribution is 7.89. The maximum Gasteiger partial charge on any atom is 0.304 e. The van der Waals surface area contributed by atoms with Gasteiger partial charge in [0.1, 0.15) is 16.2 Å². The summed E-state index contributed by atoms with van der Waals surface area (Å²) in [5, 5.41) is 18.8. The predicted octanol–water partition coefficient (Wildman–Crippen LogP) is 4.56. The van der Waals surface area contributed by atoms with Crippen LogP contribution in [0.2, 0.25) is 0 Å². The van der Waals surface area contributed by atoms with Crippen molar-refractivity contribution in [2.45, 2.75) is 75.4 Å². The first-order valence-corrected chi connectivity index (χ1v) is 16.0. The van der Waals surface area contributed by atoms with Crippen LogP contribution in [0.15, 0.2) is 53.6 Å². The van der Waals surface area contributed by atoms with E-state index in [4.69, 9.17) is 0 Å². The fraction of sp³-hybridized carbons (Fsp3) is 0.419. The number of hydrogen-bond acceptors (Lipinski definition) is 7. The first-order chi connectivity index (χ1) is 20.2. The minimum Gasteiger partial charge on any atom is -0.481 e. The van der Waals surface area contributed by atoms with Crippen LogP contribution in [0.1, 0.15) is 71.9 Å². The van der Waals surface area contributed by atoms with Gasteiger partial charge in [-0.15, -0.1) is 5.10 Å². The molecule has 1 unspecified atom stereocenters. The second-order valence-corrected chi connectivity index (χ2v) is 13.8. The van der Waals surface area contributed by atoms with Crippen molar-refractivity contribution < 1.29 is 18.3 Å². The lowest BCUT2D eigenvalue weighted by Gasteiger charge is -2.26. The molecule has 10 nitrogen and oxygen atoms in total. The molecule has 2 fully saturated rings. The maximum atomic E-state index is 13.9. The van der Waals surface area contributed by atoms with Crippen LogP contribution in [0.3, 0.4) is 0 Å². The average Bonchev–Trinajstić information content (AvgIpc) is 3.56. The van der Waals surface area contributed by atoms with Gasteiger partial charge in [-0.3, -0.25) is 4.79 Å². The quantitative estimate of drug-likeness (QED) is 0.335. The summed E-state index contributed by atoms with van der Waals surface area (Å²) in [6, 6.07) is 13.7. The Kier molecular flexibility index (Phi) is 6.54. The molecule has 2 atom stereocenters. The number of aromatic nitrogens is 4. The Morgan fingerprint density at radius 1 is 1.10 bits per heavy atom. The molecule has 1 aliphatic carbocycles. The highest BCUT2D eigenvalue weighted by Crippen LogP contribution is 2.40. The Labute approximate surface area is 245 Å². The predicted molar refractivity (Wildman–Crippen MR) is 158 cm³/mol. The van der Waals surface area contributed by atoms with Crippen molar-refractivity contribution in [3.63, 3.8) is 0 Å². The van der Waals surface area contributed by atoms with Gasteiger partial charge in [0.25, 0.3) is 0 Å². The number of aryl methyl sites for hydroxylation is 2. The topological polar surface area (TPSA) is 122 Å². The van der Waals surface area contributed by atoms with Gasteiger partial charge in [-0.25, -0.2) is 18.1 Å². The van der Waals surface area contributed by atoms with E-state index in [1.807, 2.05) is 48.9 Å². The molecule has 0 bridgehead atoms. The molecule has 1 saturated carbocycles. The third-order valence-corrected chi connectivity index (χ3v) is 11.0. The summed E-state index contributed by atoms with van der Waals surface area (Å²) in [6.07, 6.45) is 5.67. The lowest BCUT2D eigenvalue weighted by molar-refractivity contribution is -0.137. The van der Waals surface area contributed by atoms with E-state index in [1.165, 1.54) is 0 Å². The number of rotatable bonds is 7. The van der Waals surface area contributed by atoms with Gasteiger partial charge in [-0.05, 0) is 85.5 Å². The minimum absolute atomic E-state index is 0.0672. The van der Waals surface area contributed by atoms with E-state index < -0.39 is 21.9 Å². The molecule has 0 spiro atoms. The molecule has 0 amide bonds. The standard InChI is InChI=1S/C31H34N6O4S/c1-19-7-8-21(26(16-29(38)39)25-11-12-27-30(20(25)2)33-34-37(27)23-9-10-23)15-22(19)17-35-18-24-5-4-14-36(24)31-28(42(35,40)41)6-3-13-32-31/h3,6-8,11-13,15,23-24,26H,4-5,9-10,14,16-18H2,1-2H3,(H,38,39)/t24-,26?/m1/s1. The zero-order chi connectivity index (χ0) is 29.2. The van der Waals surface area contributed by atoms with E-state index in [-0.39, 0.29) is 23.9 Å². The lowest BCUT2D eigenvalue weighted by Crippen LogP contribution is -2.39. The Bertz CT molecular complexity index is 1820. The number of sulfonamides is 1. The SMILES string of the molecule is Cc1ccc(C(CC(=O)O)c2ccc3c(nnn3C3CC3)c2C)cc1CN1C[C@H]2CCCN2c2ncccc2S1(=O)=O. The number of carboxylic acids is 1. The summed E-state index contributed by atoms with van der Waals surface area (Å²) in [6.45, 7) is 5.33. The zero-order valence-electron chi connectivity index (χ0n) is 23.8. The molecule has 3 aliphatic rings. The van der Waals surface area contributed by atoms with Crippen LogP contribution in [0.25, 0.3) is 11.0 Å². The smallest absolute Gasteiger partial charge is 0.304 e. The molecule has 4 heterocycles. The van der Waals surface area contributed by atoms with Crippen molar-refractivity contribution in [1.82, 2.24) is 24.3 Å². The van der Waals surface area contributed by atoms with Crippen LogP contribution in [-0.2, 0) is 21.4 Å². The Hall–Kier alpha value is -3.83. The molecule has 2 aromatic carbocycles. The lowest BCUT2D eigenvalue weighted by atomic mass is 9.84. The number of hydrogen-bond donors (Lipinski definition) is 1. The molecule has 4 aromatic rings. The Morgan fingerprint density at radius 2 is 1.93 bits per heavy atom. The van der Waals surface area contributed by atoms with Crippen molar-refractivity contribution in [1.29, 1.82) is 0 Å². The average molecular weight is 587 g/mol. The Morgan fingerprint density at radius 3 is 2.71 bits per heavy atom. The number of nitrogens with zero attached hydrogens (tertiary/aromatic N) is 6. The summed E-state index contributed by atoms with van der Waals surface area (Å²) in [5.74, 6) is -0.781. The van der Waals surface area contributed by atoms with Crippen molar-refractivity contribution in [2.75, 3.05) is 18.0 Å². The molecule has 1 N–H and O–H groups in total. The molecule has 2 aliphatic heterocycles. The summed E-state index contributed by atoms with van der Waals surface area (Å²) >= 11 is 0. The van der Waals surface area contributed by atoms with E-state index in [0.29, 0.717) is 18.4 Å². The van der Waals surface area contributed by atoms with Crippen LogP contribution in [0.4, 0.5) is 5.82 Å². The monoisotopic (exact) mass is 586 g/mol. The summed E-state index contributed by atoms with van der Waals surface area (Å²) in [5.41, 5.74) is 6.25. The molecule has 11 heteroatoms. The summed E-state index contributed by atoms with van der Waals surface area (Å²) < 4.78 is 31.4. The van der Waals surface area contributed by atoms with Gasteiger partial charge in [-0.1, -0.05) is 29.5 Å². The van der Waals surface area contributed by atoms with Crippen molar-refractivity contribution in [2.24, 2.45) is 0 Å². The van der Waals surface area contributed by atoms with Crippen molar-refractivity contribution in [3.8, 4) is 0 Å². The van der Waals surface area contributed by atoms with Gasteiger partial charge in [0.05, 0.1) is 18.0 Å². The second kappa shape index (κ2) is 10.2. The van der Waals surface area contributed by atoms with Crippen LogP contribution >= 0.6 is 0 Å². The fourth-order valence-corrected chi connectivity index (χ4v) is 8.30. The number of carboxylic acid groups (broad SMARTS) is 1. The third kappa shape index (κ3) is 4.55. The van der Waals surface area contributed by atoms with E-state index in [2.05, 4.69) is 20.2 Å². The van der Waals surface area contributed by atoms with E-state index in [0.717, 1.165) is 71.1 Å². The molecule has 2 aromatic heterocycles. The summed E-state index contributed by atoms with van der Waals surface area (Å²) in [4.78, 5) is 19.0. The fourth-order valence-electron chi connectivity index (χ4n) is 6.70. The largest absolute Gasteiger partial charge is 0.481 e. The first-order valence-electron chi connectivity index (χ1n) is 14.6. The third-order valence-electron chi connectivity index (χ3n) is 9.14.